The number of nitrogens with zero attached hydrogens (tertiary/aromatic N) is 2. The van der Waals surface area contributed by atoms with Gasteiger partial charge in [-0.05, 0) is 72.4 Å². The van der Waals surface area contributed by atoms with E-state index in [0.29, 0.717) is 27.2 Å². The summed E-state index contributed by atoms with van der Waals surface area (Å²) < 4.78 is 6.42. The van der Waals surface area contributed by atoms with E-state index in [1.165, 1.54) is 4.90 Å². The van der Waals surface area contributed by atoms with Crippen molar-refractivity contribution >= 4 is 45.0 Å². The molecule has 2 aliphatic heterocycles. The first-order chi connectivity index (χ1) is 14.9. The summed E-state index contributed by atoms with van der Waals surface area (Å²) >= 11 is 3.38. The Labute approximate surface area is 189 Å². The van der Waals surface area contributed by atoms with Crippen LogP contribution in [-0.4, -0.2) is 48.4 Å². The van der Waals surface area contributed by atoms with Crippen LogP contribution in [0.15, 0.2) is 46.9 Å². The third-order valence-electron chi connectivity index (χ3n) is 5.55. The Hall–Kier alpha value is -2.87. The second kappa shape index (κ2) is 9.09. The second-order valence-electron chi connectivity index (χ2n) is 7.74. The highest BCUT2D eigenvalue weighted by molar-refractivity contribution is 9.10. The molecule has 31 heavy (non-hydrogen) atoms. The lowest BCUT2D eigenvalue weighted by Crippen LogP contribution is -2.50. The molecule has 7 nitrogen and oxygen atoms in total. The van der Waals surface area contributed by atoms with E-state index >= 15 is 0 Å². The van der Waals surface area contributed by atoms with Gasteiger partial charge < -0.3 is 15.0 Å². The number of ether oxygens (including phenoxy) is 1. The molecule has 0 aromatic heterocycles. The standard InChI is InChI=1S/C23H24BrN3O4/c1-15-23(30)27(14-21(28)26-11-5-2-6-12-26)19-13-16(9-10-20(19)31-15)25-22(29)17-7-3-4-8-18(17)24/h3-4,7-10,13,15H,2,5-6,11-12,14H2,1H3,(H,25,29). The van der Waals surface area contributed by atoms with Crippen LogP contribution in [0.2, 0.25) is 0 Å². The van der Waals surface area contributed by atoms with E-state index in [4.69, 9.17) is 4.74 Å². The van der Waals surface area contributed by atoms with Crippen LogP contribution >= 0.6 is 15.9 Å². The van der Waals surface area contributed by atoms with Crippen LogP contribution in [0.5, 0.6) is 5.75 Å². The van der Waals surface area contributed by atoms with Crippen LogP contribution in [-0.2, 0) is 9.59 Å². The molecular weight excluding hydrogens is 462 g/mol. The van der Waals surface area contributed by atoms with E-state index in [1.807, 2.05) is 11.0 Å². The molecule has 2 heterocycles. The van der Waals surface area contributed by atoms with Crippen molar-refractivity contribution in [2.75, 3.05) is 29.9 Å². The molecule has 1 atom stereocenters. The van der Waals surface area contributed by atoms with Gasteiger partial charge >= 0.3 is 0 Å². The summed E-state index contributed by atoms with van der Waals surface area (Å²) in [6, 6.07) is 12.2. The average molecular weight is 486 g/mol. The van der Waals surface area contributed by atoms with Gasteiger partial charge in [0.15, 0.2) is 6.10 Å². The van der Waals surface area contributed by atoms with Crippen molar-refractivity contribution in [2.45, 2.75) is 32.3 Å². The van der Waals surface area contributed by atoms with E-state index in [9.17, 15) is 14.4 Å². The molecule has 1 unspecified atom stereocenters. The van der Waals surface area contributed by atoms with Crippen LogP contribution in [0.3, 0.4) is 0 Å². The molecule has 2 aliphatic rings. The minimum absolute atomic E-state index is 0.0405. The summed E-state index contributed by atoms with van der Waals surface area (Å²) in [6.07, 6.45) is 2.42. The van der Waals surface area contributed by atoms with Crippen molar-refractivity contribution in [3.63, 3.8) is 0 Å². The van der Waals surface area contributed by atoms with Gasteiger partial charge in [-0.25, -0.2) is 0 Å². The predicted octanol–water partition coefficient (Wildman–Crippen LogP) is 3.83. The lowest BCUT2D eigenvalue weighted by Gasteiger charge is -2.35. The lowest BCUT2D eigenvalue weighted by atomic mass is 10.1. The van der Waals surface area contributed by atoms with Gasteiger partial charge in [0.05, 0.1) is 11.3 Å². The summed E-state index contributed by atoms with van der Waals surface area (Å²) in [5, 5.41) is 2.85. The van der Waals surface area contributed by atoms with Crippen LogP contribution in [0.4, 0.5) is 11.4 Å². The highest BCUT2D eigenvalue weighted by Crippen LogP contribution is 2.36. The molecule has 0 bridgehead atoms. The Kier molecular flexibility index (Phi) is 6.27. The van der Waals surface area contributed by atoms with Crippen molar-refractivity contribution < 1.29 is 19.1 Å². The molecular formula is C23H24BrN3O4. The molecule has 1 fully saturated rings. The number of anilines is 2. The van der Waals surface area contributed by atoms with Crippen molar-refractivity contribution in [3.8, 4) is 5.75 Å². The monoisotopic (exact) mass is 485 g/mol. The fourth-order valence-corrected chi connectivity index (χ4v) is 4.34. The summed E-state index contributed by atoms with van der Waals surface area (Å²) in [6.45, 7) is 3.08. The minimum atomic E-state index is -0.678. The van der Waals surface area contributed by atoms with Gasteiger partial charge in [-0.1, -0.05) is 12.1 Å². The number of benzene rings is 2. The van der Waals surface area contributed by atoms with Crippen molar-refractivity contribution in [2.24, 2.45) is 0 Å². The molecule has 1 saturated heterocycles. The van der Waals surface area contributed by atoms with Crippen LogP contribution in [0, 0.1) is 0 Å². The molecule has 3 amide bonds. The Morgan fingerprint density at radius 3 is 2.61 bits per heavy atom. The zero-order valence-corrected chi connectivity index (χ0v) is 18.9. The highest BCUT2D eigenvalue weighted by atomic mass is 79.9. The summed E-state index contributed by atoms with van der Waals surface area (Å²) in [4.78, 5) is 41.6. The molecule has 0 saturated carbocycles. The Morgan fingerprint density at radius 2 is 1.87 bits per heavy atom. The fraction of sp³-hybridized carbons (Fsp3) is 0.348. The van der Waals surface area contributed by atoms with Gasteiger partial charge in [0.2, 0.25) is 5.91 Å². The van der Waals surface area contributed by atoms with Gasteiger partial charge in [0.25, 0.3) is 11.8 Å². The maximum Gasteiger partial charge on any atom is 0.268 e. The summed E-state index contributed by atoms with van der Waals surface area (Å²) in [5.74, 6) is -0.111. The maximum atomic E-state index is 12.8. The number of nitrogens with one attached hydrogen (secondary N) is 1. The zero-order valence-electron chi connectivity index (χ0n) is 17.3. The minimum Gasteiger partial charge on any atom is -0.479 e. The van der Waals surface area contributed by atoms with E-state index < -0.39 is 6.10 Å². The molecule has 0 spiro atoms. The first kappa shape index (κ1) is 21.4. The van der Waals surface area contributed by atoms with Gasteiger partial charge in [-0.3, -0.25) is 19.3 Å². The van der Waals surface area contributed by atoms with Crippen LogP contribution in [0.1, 0.15) is 36.5 Å². The van der Waals surface area contributed by atoms with Gasteiger partial charge in [-0.15, -0.1) is 0 Å². The van der Waals surface area contributed by atoms with Crippen LogP contribution in [0.25, 0.3) is 0 Å². The van der Waals surface area contributed by atoms with E-state index in [1.54, 1.807) is 43.3 Å². The largest absolute Gasteiger partial charge is 0.479 e. The summed E-state index contributed by atoms with van der Waals surface area (Å²) in [5.41, 5.74) is 1.50. The fourth-order valence-electron chi connectivity index (χ4n) is 3.87. The second-order valence-corrected chi connectivity index (χ2v) is 8.60. The predicted molar refractivity (Wildman–Crippen MR) is 121 cm³/mol. The first-order valence-corrected chi connectivity index (χ1v) is 11.2. The normalized spacial score (nSPS) is 18.3. The molecule has 2 aromatic rings. The molecule has 1 N–H and O–H groups in total. The van der Waals surface area contributed by atoms with Crippen molar-refractivity contribution in [1.29, 1.82) is 0 Å². The first-order valence-electron chi connectivity index (χ1n) is 10.4. The number of likely N-dealkylation sites (tertiary alicyclic amines) is 1. The highest BCUT2D eigenvalue weighted by Gasteiger charge is 2.34. The molecule has 2 aromatic carbocycles. The van der Waals surface area contributed by atoms with Crippen LogP contribution < -0.4 is 15.0 Å². The quantitative estimate of drug-likeness (QED) is 0.713. The van der Waals surface area contributed by atoms with Crippen molar-refractivity contribution in [1.82, 2.24) is 4.90 Å². The van der Waals surface area contributed by atoms with E-state index in [-0.39, 0.29) is 24.3 Å². The number of hydrogen-bond donors (Lipinski definition) is 1. The lowest BCUT2D eigenvalue weighted by molar-refractivity contribution is -0.133. The SMILES string of the molecule is CC1Oc2ccc(NC(=O)c3ccccc3Br)cc2N(CC(=O)N2CCCCC2)C1=O. The number of amides is 3. The number of halogens is 1. The van der Waals surface area contributed by atoms with E-state index in [0.717, 1.165) is 32.4 Å². The number of carbonyl (C=O) groups is 3. The number of carbonyl (C=O) groups excluding carboxylic acids is 3. The molecule has 4 rings (SSSR count). The van der Waals surface area contributed by atoms with E-state index in [2.05, 4.69) is 21.2 Å². The topological polar surface area (TPSA) is 79.0 Å². The number of rotatable bonds is 4. The Balaban J connectivity index is 1.58. The molecule has 0 radical (unpaired) electrons. The van der Waals surface area contributed by atoms with Gasteiger partial charge in [-0.2, -0.15) is 0 Å². The van der Waals surface area contributed by atoms with Gasteiger partial charge in [0.1, 0.15) is 12.3 Å². The third kappa shape index (κ3) is 4.58. The van der Waals surface area contributed by atoms with Crippen molar-refractivity contribution in [3.05, 3.63) is 52.5 Å². The molecule has 162 valence electrons. The Bertz CT molecular complexity index is 1020. The number of hydrogen-bond acceptors (Lipinski definition) is 4. The number of piperidine rings is 1. The smallest absolute Gasteiger partial charge is 0.268 e. The third-order valence-corrected chi connectivity index (χ3v) is 6.24. The number of fused-ring (bicyclic) bond motifs is 1. The Morgan fingerprint density at radius 1 is 1.13 bits per heavy atom. The molecule has 0 aliphatic carbocycles. The maximum absolute atomic E-state index is 12.8. The van der Waals surface area contributed by atoms with Gasteiger partial charge in [0, 0.05) is 23.2 Å². The summed E-state index contributed by atoms with van der Waals surface area (Å²) in [7, 11) is 0. The molecule has 8 heteroatoms. The zero-order chi connectivity index (χ0) is 22.0. The average Bonchev–Trinajstić information content (AvgIpc) is 2.78.